The fraction of sp³-hybridized carbons (Fsp3) is 0.300. The van der Waals surface area contributed by atoms with Crippen LogP contribution in [0.25, 0.3) is 0 Å². The largest absolute Gasteiger partial charge is 0.451 e. The number of rotatable bonds is 7. The second kappa shape index (κ2) is 8.68. The number of amides is 3. The van der Waals surface area contributed by atoms with E-state index in [0.717, 1.165) is 17.7 Å². The molecule has 10 heteroatoms. The maximum Gasteiger partial charge on any atom is 0.359 e. The summed E-state index contributed by atoms with van der Waals surface area (Å²) < 4.78 is 6.13. The number of fused-ring (bicyclic) bond motifs is 1. The number of ether oxygens (including phenoxy) is 1. The molecule has 30 heavy (non-hydrogen) atoms. The molecule has 1 aliphatic heterocycles. The van der Waals surface area contributed by atoms with Crippen LogP contribution in [-0.4, -0.2) is 52.0 Å². The van der Waals surface area contributed by atoms with Crippen LogP contribution in [0.1, 0.15) is 51.0 Å². The van der Waals surface area contributed by atoms with Crippen LogP contribution in [0.5, 0.6) is 0 Å². The normalized spacial score (nSPS) is 12.7. The number of hydrogen-bond acceptors (Lipinski definition) is 7. The molecule has 1 aliphatic rings. The maximum absolute atomic E-state index is 12.1. The molecule has 3 rings (SSSR count). The SMILES string of the molecule is CCCCn1nc(C(=O)OCC(=O)Nc2ccc3c(c2)C(=O)N(C)C3=O)ccc1=O. The van der Waals surface area contributed by atoms with E-state index in [4.69, 9.17) is 4.74 Å². The van der Waals surface area contributed by atoms with Gasteiger partial charge >= 0.3 is 5.97 Å². The minimum atomic E-state index is -0.841. The number of imide groups is 1. The van der Waals surface area contributed by atoms with Crippen molar-refractivity contribution in [2.75, 3.05) is 19.0 Å². The summed E-state index contributed by atoms with van der Waals surface area (Å²) in [6.45, 7) is 1.76. The lowest BCUT2D eigenvalue weighted by atomic mass is 10.1. The summed E-state index contributed by atoms with van der Waals surface area (Å²) in [4.78, 5) is 60.9. The van der Waals surface area contributed by atoms with Crippen LogP contribution >= 0.6 is 0 Å². The van der Waals surface area contributed by atoms with Gasteiger partial charge in [0.15, 0.2) is 12.3 Å². The summed E-state index contributed by atoms with van der Waals surface area (Å²) >= 11 is 0. The monoisotopic (exact) mass is 412 g/mol. The van der Waals surface area contributed by atoms with Crippen LogP contribution in [0.15, 0.2) is 35.1 Å². The van der Waals surface area contributed by atoms with E-state index in [1.54, 1.807) is 0 Å². The molecule has 0 saturated heterocycles. The summed E-state index contributed by atoms with van der Waals surface area (Å²) in [5, 5.41) is 6.46. The summed E-state index contributed by atoms with van der Waals surface area (Å²) in [6.07, 6.45) is 1.60. The zero-order chi connectivity index (χ0) is 21.8. The number of nitrogens with one attached hydrogen (secondary N) is 1. The molecule has 2 heterocycles. The van der Waals surface area contributed by atoms with Gasteiger partial charge in [-0.15, -0.1) is 0 Å². The quantitative estimate of drug-likeness (QED) is 0.532. The van der Waals surface area contributed by atoms with Crippen LogP contribution in [-0.2, 0) is 16.1 Å². The molecule has 0 atom stereocenters. The van der Waals surface area contributed by atoms with Crippen molar-refractivity contribution in [1.29, 1.82) is 0 Å². The van der Waals surface area contributed by atoms with Gasteiger partial charge in [0.25, 0.3) is 23.3 Å². The second-order valence-corrected chi connectivity index (χ2v) is 6.69. The number of carbonyl (C=O) groups is 4. The third kappa shape index (κ3) is 4.27. The summed E-state index contributed by atoms with van der Waals surface area (Å²) in [6, 6.07) is 6.78. The van der Waals surface area contributed by atoms with Gasteiger partial charge in [-0.25, -0.2) is 9.48 Å². The van der Waals surface area contributed by atoms with Crippen molar-refractivity contribution < 1.29 is 23.9 Å². The van der Waals surface area contributed by atoms with E-state index in [9.17, 15) is 24.0 Å². The van der Waals surface area contributed by atoms with E-state index in [1.807, 2.05) is 6.92 Å². The molecule has 10 nitrogen and oxygen atoms in total. The van der Waals surface area contributed by atoms with Crippen molar-refractivity contribution in [3.63, 3.8) is 0 Å². The number of nitrogens with zero attached hydrogens (tertiary/aromatic N) is 3. The Hall–Kier alpha value is -3.82. The number of anilines is 1. The standard InChI is InChI=1S/C20H20N4O6/c1-3-4-9-24-17(26)8-7-15(22-24)20(29)30-11-16(25)21-12-5-6-13-14(10-12)19(28)23(2)18(13)27/h5-8,10H,3-4,9,11H2,1-2H3,(H,21,25). The Morgan fingerprint density at radius 3 is 2.53 bits per heavy atom. The van der Waals surface area contributed by atoms with Gasteiger partial charge in [-0.05, 0) is 30.7 Å². The highest BCUT2D eigenvalue weighted by Gasteiger charge is 2.32. The molecule has 0 aliphatic carbocycles. The predicted molar refractivity (Wildman–Crippen MR) is 105 cm³/mol. The lowest BCUT2D eigenvalue weighted by Gasteiger charge is -2.08. The Kier molecular flexibility index (Phi) is 6.05. The highest BCUT2D eigenvalue weighted by Crippen LogP contribution is 2.24. The topological polar surface area (TPSA) is 128 Å². The molecule has 0 unspecified atom stereocenters. The van der Waals surface area contributed by atoms with Crippen molar-refractivity contribution >= 4 is 29.4 Å². The van der Waals surface area contributed by atoms with E-state index in [0.29, 0.717) is 6.54 Å². The first-order valence-corrected chi connectivity index (χ1v) is 9.33. The lowest BCUT2D eigenvalue weighted by Crippen LogP contribution is -2.26. The Balaban J connectivity index is 1.60. The predicted octanol–water partition coefficient (Wildman–Crippen LogP) is 1.06. The van der Waals surface area contributed by atoms with Gasteiger partial charge in [0.05, 0.1) is 11.1 Å². The molecule has 1 N–H and O–H groups in total. The van der Waals surface area contributed by atoms with Gasteiger partial charge < -0.3 is 10.1 Å². The zero-order valence-electron chi connectivity index (χ0n) is 16.5. The number of carbonyl (C=O) groups excluding carboxylic acids is 4. The number of unbranched alkanes of at least 4 members (excludes halogenated alkanes) is 1. The number of aromatic nitrogens is 2. The van der Waals surface area contributed by atoms with E-state index in [-0.39, 0.29) is 28.1 Å². The van der Waals surface area contributed by atoms with Crippen molar-refractivity contribution in [2.45, 2.75) is 26.3 Å². The smallest absolute Gasteiger partial charge is 0.359 e. The molecular formula is C20H20N4O6. The van der Waals surface area contributed by atoms with Gasteiger partial charge in [-0.3, -0.25) is 24.1 Å². The minimum absolute atomic E-state index is 0.0804. The minimum Gasteiger partial charge on any atom is -0.451 e. The average Bonchev–Trinajstić information content (AvgIpc) is 2.95. The highest BCUT2D eigenvalue weighted by atomic mass is 16.5. The molecule has 0 bridgehead atoms. The second-order valence-electron chi connectivity index (χ2n) is 6.69. The first-order chi connectivity index (χ1) is 14.3. The summed E-state index contributed by atoms with van der Waals surface area (Å²) in [5.41, 5.74) is 0.334. The van der Waals surface area contributed by atoms with E-state index in [2.05, 4.69) is 10.4 Å². The van der Waals surface area contributed by atoms with Crippen LogP contribution in [0.4, 0.5) is 5.69 Å². The van der Waals surface area contributed by atoms with Crippen molar-refractivity contribution in [2.24, 2.45) is 0 Å². The van der Waals surface area contributed by atoms with Gasteiger partial charge in [0.2, 0.25) is 0 Å². The van der Waals surface area contributed by atoms with Gasteiger partial charge in [-0.1, -0.05) is 13.3 Å². The van der Waals surface area contributed by atoms with Crippen molar-refractivity contribution in [1.82, 2.24) is 14.7 Å². The highest BCUT2D eigenvalue weighted by molar-refractivity contribution is 6.21. The van der Waals surface area contributed by atoms with Crippen LogP contribution < -0.4 is 10.9 Å². The van der Waals surface area contributed by atoms with Crippen LogP contribution in [0.3, 0.4) is 0 Å². The molecule has 0 fully saturated rings. The Morgan fingerprint density at radius 2 is 1.80 bits per heavy atom. The molecule has 1 aromatic heterocycles. The molecule has 3 amide bonds. The van der Waals surface area contributed by atoms with E-state index in [1.165, 1.54) is 42.1 Å². The Labute approximate surface area is 171 Å². The van der Waals surface area contributed by atoms with Gasteiger partial charge in [0.1, 0.15) is 0 Å². The average molecular weight is 412 g/mol. The molecular weight excluding hydrogens is 392 g/mol. The van der Waals surface area contributed by atoms with E-state index < -0.39 is 30.3 Å². The third-order valence-corrected chi connectivity index (χ3v) is 4.51. The summed E-state index contributed by atoms with van der Waals surface area (Å²) in [7, 11) is 1.38. The van der Waals surface area contributed by atoms with Gasteiger partial charge in [-0.2, -0.15) is 5.10 Å². The fourth-order valence-corrected chi connectivity index (χ4v) is 2.87. The molecule has 0 spiro atoms. The Morgan fingerprint density at radius 1 is 1.07 bits per heavy atom. The van der Waals surface area contributed by atoms with Crippen LogP contribution in [0, 0.1) is 0 Å². The summed E-state index contributed by atoms with van der Waals surface area (Å²) in [5.74, 6) is -2.34. The van der Waals surface area contributed by atoms with Crippen molar-refractivity contribution in [3.05, 3.63) is 57.5 Å². The number of aryl methyl sites for hydroxylation is 1. The zero-order valence-corrected chi connectivity index (χ0v) is 16.5. The van der Waals surface area contributed by atoms with E-state index >= 15 is 0 Å². The Bertz CT molecular complexity index is 1090. The molecule has 156 valence electrons. The number of hydrogen-bond donors (Lipinski definition) is 1. The van der Waals surface area contributed by atoms with Crippen molar-refractivity contribution in [3.8, 4) is 0 Å². The molecule has 1 aromatic carbocycles. The number of benzene rings is 1. The molecule has 2 aromatic rings. The van der Waals surface area contributed by atoms with Gasteiger partial charge in [0, 0.05) is 25.3 Å². The molecule has 0 radical (unpaired) electrons. The maximum atomic E-state index is 12.1. The first kappa shape index (κ1) is 20.9. The first-order valence-electron chi connectivity index (χ1n) is 9.33. The van der Waals surface area contributed by atoms with Crippen LogP contribution in [0.2, 0.25) is 0 Å². The number of esters is 1. The molecule has 0 saturated carbocycles. The lowest BCUT2D eigenvalue weighted by molar-refractivity contribution is -0.119. The third-order valence-electron chi connectivity index (χ3n) is 4.51. The fourth-order valence-electron chi connectivity index (χ4n) is 2.87.